The standard InChI is InChI=1S/C16H21N5O/c1-21(2)8-7-17-11-16-19-15(20-22-16)9-12-10-18-14-6-4-3-5-13(12)14/h3-6,10,17-18H,7-9,11H2,1-2H3. The van der Waals surface area contributed by atoms with Gasteiger partial charge in [0.1, 0.15) is 0 Å². The number of aromatic nitrogens is 3. The lowest BCUT2D eigenvalue weighted by Crippen LogP contribution is -2.26. The van der Waals surface area contributed by atoms with Gasteiger partial charge in [-0.2, -0.15) is 4.98 Å². The minimum atomic E-state index is 0.606. The number of aromatic amines is 1. The van der Waals surface area contributed by atoms with Crippen LogP contribution in [0.4, 0.5) is 0 Å². The van der Waals surface area contributed by atoms with Crippen molar-refractivity contribution in [2.45, 2.75) is 13.0 Å². The van der Waals surface area contributed by atoms with Gasteiger partial charge < -0.3 is 19.7 Å². The zero-order valence-corrected chi connectivity index (χ0v) is 13.0. The smallest absolute Gasteiger partial charge is 0.240 e. The van der Waals surface area contributed by atoms with Crippen LogP contribution in [0.3, 0.4) is 0 Å². The van der Waals surface area contributed by atoms with E-state index in [2.05, 4.69) is 37.5 Å². The summed E-state index contributed by atoms with van der Waals surface area (Å²) in [5.41, 5.74) is 2.31. The van der Waals surface area contributed by atoms with Crippen molar-refractivity contribution in [3.05, 3.63) is 47.7 Å². The summed E-state index contributed by atoms with van der Waals surface area (Å²) in [5.74, 6) is 1.35. The Labute approximate surface area is 129 Å². The molecule has 3 aromatic rings. The van der Waals surface area contributed by atoms with Crippen LogP contribution in [0.25, 0.3) is 10.9 Å². The Bertz CT molecular complexity index is 731. The number of nitrogens with zero attached hydrogens (tertiary/aromatic N) is 3. The summed E-state index contributed by atoms with van der Waals surface area (Å²) >= 11 is 0. The second-order valence-electron chi connectivity index (χ2n) is 5.62. The molecule has 0 amide bonds. The molecule has 3 rings (SSSR count). The fraction of sp³-hybridized carbons (Fsp3) is 0.375. The number of para-hydroxylation sites is 1. The molecule has 0 fully saturated rings. The van der Waals surface area contributed by atoms with Crippen LogP contribution >= 0.6 is 0 Å². The molecule has 0 bridgehead atoms. The number of likely N-dealkylation sites (N-methyl/N-ethyl adjacent to an activating group) is 1. The van der Waals surface area contributed by atoms with Crippen LogP contribution in [-0.4, -0.2) is 47.2 Å². The molecule has 2 heterocycles. The molecule has 1 aromatic carbocycles. The van der Waals surface area contributed by atoms with Gasteiger partial charge >= 0.3 is 0 Å². The van der Waals surface area contributed by atoms with Crippen LogP contribution < -0.4 is 5.32 Å². The van der Waals surface area contributed by atoms with Crippen molar-refractivity contribution in [3.8, 4) is 0 Å². The van der Waals surface area contributed by atoms with Crippen LogP contribution in [0.1, 0.15) is 17.3 Å². The summed E-state index contributed by atoms with van der Waals surface area (Å²) < 4.78 is 5.29. The predicted octanol–water partition coefficient (Wildman–Crippen LogP) is 1.79. The number of hydrogen-bond acceptors (Lipinski definition) is 5. The van der Waals surface area contributed by atoms with Gasteiger partial charge in [0.05, 0.1) is 6.54 Å². The molecule has 0 spiro atoms. The van der Waals surface area contributed by atoms with E-state index < -0.39 is 0 Å². The van der Waals surface area contributed by atoms with Crippen molar-refractivity contribution in [1.82, 2.24) is 25.3 Å². The van der Waals surface area contributed by atoms with Gasteiger partial charge in [0.15, 0.2) is 5.82 Å². The van der Waals surface area contributed by atoms with E-state index in [1.807, 2.05) is 32.4 Å². The Morgan fingerprint density at radius 3 is 3.00 bits per heavy atom. The van der Waals surface area contributed by atoms with Gasteiger partial charge in [-0.05, 0) is 25.7 Å². The first-order chi connectivity index (χ1) is 10.7. The lowest BCUT2D eigenvalue weighted by molar-refractivity contribution is 0.352. The van der Waals surface area contributed by atoms with Gasteiger partial charge in [0.25, 0.3) is 0 Å². The first-order valence-electron chi connectivity index (χ1n) is 7.44. The molecule has 0 atom stereocenters. The fourth-order valence-electron chi connectivity index (χ4n) is 2.38. The summed E-state index contributed by atoms with van der Waals surface area (Å²) in [4.78, 5) is 9.83. The number of hydrogen-bond donors (Lipinski definition) is 2. The largest absolute Gasteiger partial charge is 0.361 e. The normalized spacial score (nSPS) is 11.6. The third-order valence-electron chi connectivity index (χ3n) is 3.55. The van der Waals surface area contributed by atoms with E-state index >= 15 is 0 Å². The second kappa shape index (κ2) is 6.72. The van der Waals surface area contributed by atoms with E-state index in [1.54, 1.807) is 0 Å². The lowest BCUT2D eigenvalue weighted by Gasteiger charge is -2.08. The van der Waals surface area contributed by atoms with Crippen molar-refractivity contribution in [1.29, 1.82) is 0 Å². The zero-order chi connectivity index (χ0) is 15.4. The Hall–Kier alpha value is -2.18. The fourth-order valence-corrected chi connectivity index (χ4v) is 2.38. The van der Waals surface area contributed by atoms with Crippen LogP contribution in [0.15, 0.2) is 35.0 Å². The molecule has 0 radical (unpaired) electrons. The Balaban J connectivity index is 1.60. The van der Waals surface area contributed by atoms with E-state index in [0.29, 0.717) is 24.7 Å². The van der Waals surface area contributed by atoms with E-state index in [0.717, 1.165) is 18.6 Å². The Kier molecular flexibility index (Phi) is 4.50. The van der Waals surface area contributed by atoms with Gasteiger partial charge in [-0.3, -0.25) is 0 Å². The molecule has 6 heteroatoms. The molecule has 0 saturated carbocycles. The molecule has 0 unspecified atom stereocenters. The monoisotopic (exact) mass is 299 g/mol. The number of fused-ring (bicyclic) bond motifs is 1. The number of benzene rings is 1. The average molecular weight is 299 g/mol. The highest BCUT2D eigenvalue weighted by Gasteiger charge is 2.10. The van der Waals surface area contributed by atoms with Gasteiger partial charge in [0.2, 0.25) is 5.89 Å². The summed E-state index contributed by atoms with van der Waals surface area (Å²) in [7, 11) is 4.10. The first kappa shape index (κ1) is 14.7. The quantitative estimate of drug-likeness (QED) is 0.651. The number of H-pyrrole nitrogens is 1. The minimum Gasteiger partial charge on any atom is -0.361 e. The Morgan fingerprint density at radius 1 is 1.27 bits per heavy atom. The number of nitrogens with one attached hydrogen (secondary N) is 2. The van der Waals surface area contributed by atoms with Crippen LogP contribution in [0.2, 0.25) is 0 Å². The third-order valence-corrected chi connectivity index (χ3v) is 3.55. The number of rotatable bonds is 7. The van der Waals surface area contributed by atoms with E-state index in [-0.39, 0.29) is 0 Å². The van der Waals surface area contributed by atoms with Gasteiger partial charge in [-0.25, -0.2) is 0 Å². The van der Waals surface area contributed by atoms with Crippen molar-refractivity contribution < 1.29 is 4.52 Å². The molecular weight excluding hydrogens is 278 g/mol. The van der Waals surface area contributed by atoms with Crippen molar-refractivity contribution in [3.63, 3.8) is 0 Å². The minimum absolute atomic E-state index is 0.606. The molecule has 116 valence electrons. The maximum Gasteiger partial charge on any atom is 0.240 e. The van der Waals surface area contributed by atoms with Gasteiger partial charge in [0, 0.05) is 36.6 Å². The first-order valence-corrected chi connectivity index (χ1v) is 7.44. The molecule has 0 saturated heterocycles. The molecular formula is C16H21N5O. The molecule has 0 aliphatic heterocycles. The van der Waals surface area contributed by atoms with Crippen LogP contribution in [0.5, 0.6) is 0 Å². The highest BCUT2D eigenvalue weighted by Crippen LogP contribution is 2.19. The summed E-state index contributed by atoms with van der Waals surface area (Å²) in [5, 5.41) is 8.56. The van der Waals surface area contributed by atoms with Crippen molar-refractivity contribution >= 4 is 10.9 Å². The topological polar surface area (TPSA) is 70.0 Å². The Morgan fingerprint density at radius 2 is 2.14 bits per heavy atom. The SMILES string of the molecule is CN(C)CCNCc1nc(Cc2c[nH]c3ccccc23)no1. The summed E-state index contributed by atoms with van der Waals surface area (Å²) in [6, 6.07) is 8.23. The lowest BCUT2D eigenvalue weighted by atomic mass is 10.1. The third kappa shape index (κ3) is 3.52. The molecule has 0 aliphatic rings. The van der Waals surface area contributed by atoms with E-state index in [1.165, 1.54) is 10.9 Å². The molecule has 2 aromatic heterocycles. The molecule has 6 nitrogen and oxygen atoms in total. The van der Waals surface area contributed by atoms with Crippen molar-refractivity contribution in [2.75, 3.05) is 27.2 Å². The molecule has 22 heavy (non-hydrogen) atoms. The summed E-state index contributed by atoms with van der Waals surface area (Å²) in [6.07, 6.45) is 2.68. The zero-order valence-electron chi connectivity index (χ0n) is 13.0. The van der Waals surface area contributed by atoms with Gasteiger partial charge in [-0.15, -0.1) is 0 Å². The van der Waals surface area contributed by atoms with Crippen LogP contribution in [-0.2, 0) is 13.0 Å². The second-order valence-corrected chi connectivity index (χ2v) is 5.62. The van der Waals surface area contributed by atoms with Crippen LogP contribution in [0, 0.1) is 0 Å². The highest BCUT2D eigenvalue weighted by molar-refractivity contribution is 5.83. The van der Waals surface area contributed by atoms with E-state index in [4.69, 9.17) is 4.52 Å². The highest BCUT2D eigenvalue weighted by atomic mass is 16.5. The predicted molar refractivity (Wildman–Crippen MR) is 85.7 cm³/mol. The molecule has 0 aliphatic carbocycles. The average Bonchev–Trinajstić information content (AvgIpc) is 3.12. The van der Waals surface area contributed by atoms with Crippen molar-refractivity contribution in [2.24, 2.45) is 0 Å². The van der Waals surface area contributed by atoms with E-state index in [9.17, 15) is 0 Å². The molecule has 2 N–H and O–H groups in total. The van der Waals surface area contributed by atoms with Gasteiger partial charge in [-0.1, -0.05) is 23.4 Å². The maximum absolute atomic E-state index is 5.29. The summed E-state index contributed by atoms with van der Waals surface area (Å²) in [6.45, 7) is 2.48. The maximum atomic E-state index is 5.29.